The average Bonchev–Trinajstić information content (AvgIpc) is 3.00. The average molecular weight is 291 g/mol. The van der Waals surface area contributed by atoms with Crippen LogP contribution in [0.15, 0.2) is 22.6 Å². The van der Waals surface area contributed by atoms with Crippen LogP contribution in [0.5, 0.6) is 0 Å². The van der Waals surface area contributed by atoms with E-state index in [0.717, 1.165) is 12.2 Å². The van der Waals surface area contributed by atoms with E-state index < -0.39 is 0 Å². The Morgan fingerprint density at radius 1 is 1.57 bits per heavy atom. The predicted molar refractivity (Wildman–Crippen MR) is 82.8 cm³/mol. The Morgan fingerprint density at radius 3 is 2.86 bits per heavy atom. The summed E-state index contributed by atoms with van der Waals surface area (Å²) >= 11 is 0. The number of hydrogen-bond acceptors (Lipinski definition) is 3. The van der Waals surface area contributed by atoms with Crippen LogP contribution in [-0.2, 0) is 4.79 Å². The fourth-order valence-electron chi connectivity index (χ4n) is 2.45. The van der Waals surface area contributed by atoms with E-state index in [9.17, 15) is 4.79 Å². The van der Waals surface area contributed by atoms with Crippen LogP contribution in [0.1, 0.15) is 57.5 Å². The van der Waals surface area contributed by atoms with Gasteiger partial charge in [0.15, 0.2) is 0 Å². The van der Waals surface area contributed by atoms with Gasteiger partial charge in [-0.2, -0.15) is 0 Å². The Bertz CT molecular complexity index is 520. The van der Waals surface area contributed by atoms with Crippen LogP contribution in [0.2, 0.25) is 0 Å². The van der Waals surface area contributed by atoms with Gasteiger partial charge >= 0.3 is 0 Å². The molecule has 1 aliphatic rings. The molecule has 3 atom stereocenters. The second kappa shape index (κ2) is 6.48. The largest absolute Gasteiger partial charge is 0.461 e. The maximum absolute atomic E-state index is 11.9. The molecule has 1 aliphatic carbocycles. The number of aliphatic hydroxyl groups excluding tert-OH is 1. The Labute approximate surface area is 126 Å². The van der Waals surface area contributed by atoms with E-state index >= 15 is 0 Å². The number of amides is 1. The van der Waals surface area contributed by atoms with Crippen molar-refractivity contribution in [2.45, 2.75) is 51.5 Å². The van der Waals surface area contributed by atoms with Gasteiger partial charge in [-0.1, -0.05) is 13.8 Å². The summed E-state index contributed by atoms with van der Waals surface area (Å²) in [6.45, 7) is 6.21. The lowest BCUT2D eigenvalue weighted by Gasteiger charge is -2.28. The monoisotopic (exact) mass is 291 g/mol. The van der Waals surface area contributed by atoms with Gasteiger partial charge in [0.05, 0.1) is 0 Å². The maximum Gasteiger partial charge on any atom is 0.244 e. The summed E-state index contributed by atoms with van der Waals surface area (Å²) < 4.78 is 5.73. The van der Waals surface area contributed by atoms with Crippen molar-refractivity contribution >= 4 is 12.0 Å². The summed E-state index contributed by atoms with van der Waals surface area (Å²) in [6.07, 6.45) is 5.70. The summed E-state index contributed by atoms with van der Waals surface area (Å²) in [5.74, 6) is 2.82. The first-order valence-electron chi connectivity index (χ1n) is 7.68. The van der Waals surface area contributed by atoms with Crippen molar-refractivity contribution in [2.24, 2.45) is 5.92 Å². The van der Waals surface area contributed by atoms with Gasteiger partial charge in [0.1, 0.15) is 11.5 Å². The number of carbonyl (C=O) groups is 1. The third-order valence-corrected chi connectivity index (χ3v) is 4.39. The minimum atomic E-state index is -0.367. The summed E-state index contributed by atoms with van der Waals surface area (Å²) in [6, 6.07) is 3.89. The number of aliphatic hydroxyl groups is 1. The van der Waals surface area contributed by atoms with Gasteiger partial charge in [-0.25, -0.2) is 0 Å². The lowest BCUT2D eigenvalue weighted by molar-refractivity contribution is -0.118. The molecule has 1 saturated carbocycles. The molecule has 0 saturated heterocycles. The van der Waals surface area contributed by atoms with Gasteiger partial charge in [0.25, 0.3) is 0 Å². The smallest absolute Gasteiger partial charge is 0.244 e. The van der Waals surface area contributed by atoms with Crippen molar-refractivity contribution in [1.82, 2.24) is 5.32 Å². The Balaban J connectivity index is 1.91. The fourth-order valence-corrected chi connectivity index (χ4v) is 2.45. The number of hydrogen-bond donors (Lipinski definition) is 2. The molecule has 116 valence electrons. The lowest BCUT2D eigenvalue weighted by Crippen LogP contribution is -2.45. The highest BCUT2D eigenvalue weighted by Crippen LogP contribution is 2.47. The van der Waals surface area contributed by atoms with E-state index in [2.05, 4.69) is 12.2 Å². The summed E-state index contributed by atoms with van der Waals surface area (Å²) in [4.78, 5) is 11.9. The molecule has 4 nitrogen and oxygen atoms in total. The molecule has 1 heterocycles. The van der Waals surface area contributed by atoms with E-state index in [1.807, 2.05) is 26.0 Å². The molecule has 0 radical (unpaired) electrons. The molecular weight excluding hydrogens is 266 g/mol. The zero-order valence-corrected chi connectivity index (χ0v) is 13.1. The first kappa shape index (κ1) is 15.8. The van der Waals surface area contributed by atoms with Gasteiger partial charge in [-0.15, -0.1) is 0 Å². The molecule has 21 heavy (non-hydrogen) atoms. The van der Waals surface area contributed by atoms with Crippen molar-refractivity contribution < 1.29 is 14.3 Å². The minimum absolute atomic E-state index is 0.0649. The first-order valence-corrected chi connectivity index (χ1v) is 7.68. The van der Waals surface area contributed by atoms with Crippen LogP contribution in [0.4, 0.5) is 0 Å². The van der Waals surface area contributed by atoms with E-state index in [4.69, 9.17) is 9.52 Å². The highest BCUT2D eigenvalue weighted by molar-refractivity contribution is 5.91. The van der Waals surface area contributed by atoms with Gasteiger partial charge in [-0.05, 0) is 50.3 Å². The second-order valence-electron chi connectivity index (χ2n) is 6.27. The number of carbonyl (C=O) groups excluding carboxylic acids is 1. The van der Waals surface area contributed by atoms with Crippen LogP contribution in [0, 0.1) is 5.92 Å². The van der Waals surface area contributed by atoms with Crippen molar-refractivity contribution in [1.29, 1.82) is 0 Å². The zero-order valence-electron chi connectivity index (χ0n) is 13.1. The number of rotatable bonds is 7. The number of nitrogens with one attached hydrogen (secondary N) is 1. The fraction of sp³-hybridized carbons (Fsp3) is 0.588. The van der Waals surface area contributed by atoms with Crippen molar-refractivity contribution in [2.75, 3.05) is 6.61 Å². The predicted octanol–water partition coefficient (Wildman–Crippen LogP) is 3.08. The molecule has 4 heteroatoms. The Morgan fingerprint density at radius 2 is 2.29 bits per heavy atom. The van der Waals surface area contributed by atoms with Crippen LogP contribution in [0.25, 0.3) is 6.08 Å². The van der Waals surface area contributed by atoms with Crippen LogP contribution < -0.4 is 5.32 Å². The third kappa shape index (κ3) is 4.21. The first-order chi connectivity index (χ1) is 9.97. The van der Waals surface area contributed by atoms with Crippen molar-refractivity contribution in [3.8, 4) is 0 Å². The summed E-state index contributed by atoms with van der Waals surface area (Å²) in [5.41, 5.74) is -0.367. The molecular formula is C17H25NO3. The minimum Gasteiger partial charge on any atom is -0.461 e. The van der Waals surface area contributed by atoms with Gasteiger partial charge in [-0.3, -0.25) is 4.79 Å². The number of furan rings is 1. The van der Waals surface area contributed by atoms with Crippen molar-refractivity contribution in [3.63, 3.8) is 0 Å². The second-order valence-corrected chi connectivity index (χ2v) is 6.27. The molecule has 0 bridgehead atoms. The molecule has 2 N–H and O–H groups in total. The molecule has 0 aliphatic heterocycles. The highest BCUT2D eigenvalue weighted by Gasteiger charge is 2.36. The standard InChI is InChI=1S/C17H25NO3/c1-4-17(3,9-10-19)18-16(20)8-6-13-5-7-15(21-13)14-11-12(14)2/h5-8,12,14,19H,4,9-11H2,1-3H3,(H,18,20)/b8-6+. The molecule has 0 aromatic carbocycles. The lowest BCUT2D eigenvalue weighted by atomic mass is 9.95. The zero-order chi connectivity index (χ0) is 15.5. The third-order valence-electron chi connectivity index (χ3n) is 4.39. The Hall–Kier alpha value is -1.55. The SMILES string of the molecule is CCC(C)(CCO)NC(=O)/C=C/c1ccc(C2CC2C)o1. The summed E-state index contributed by atoms with van der Waals surface area (Å²) in [7, 11) is 0. The van der Waals surface area contributed by atoms with Crippen LogP contribution >= 0.6 is 0 Å². The van der Waals surface area contributed by atoms with Crippen molar-refractivity contribution in [3.05, 3.63) is 29.7 Å². The van der Waals surface area contributed by atoms with Gasteiger partial charge in [0.2, 0.25) is 5.91 Å². The highest BCUT2D eigenvalue weighted by atomic mass is 16.3. The van der Waals surface area contributed by atoms with Gasteiger partial charge < -0.3 is 14.8 Å². The topological polar surface area (TPSA) is 62.5 Å². The van der Waals surface area contributed by atoms with Gasteiger partial charge in [0, 0.05) is 24.1 Å². The summed E-state index contributed by atoms with van der Waals surface area (Å²) in [5, 5.41) is 12.0. The molecule has 1 amide bonds. The van der Waals surface area contributed by atoms with Crippen LogP contribution in [-0.4, -0.2) is 23.2 Å². The molecule has 1 fully saturated rings. The molecule has 1 aromatic rings. The molecule has 0 spiro atoms. The quantitative estimate of drug-likeness (QED) is 0.759. The van der Waals surface area contributed by atoms with E-state index in [1.165, 1.54) is 12.5 Å². The molecule has 1 aromatic heterocycles. The Kier molecular flexibility index (Phi) is 4.88. The maximum atomic E-state index is 11.9. The molecule has 2 rings (SSSR count). The van der Waals surface area contributed by atoms with E-state index in [0.29, 0.717) is 24.0 Å². The van der Waals surface area contributed by atoms with Crippen LogP contribution in [0.3, 0.4) is 0 Å². The normalized spacial score (nSPS) is 24.0. The van der Waals surface area contributed by atoms with E-state index in [-0.39, 0.29) is 18.1 Å². The molecule has 3 unspecified atom stereocenters. The van der Waals surface area contributed by atoms with E-state index in [1.54, 1.807) is 6.08 Å².